The van der Waals surface area contributed by atoms with E-state index in [-0.39, 0.29) is 35.5 Å². The number of aromatic amines is 1. The van der Waals surface area contributed by atoms with E-state index >= 15 is 0 Å². The smallest absolute Gasteiger partial charge is 0.449 e. The molecule has 9 nitrogen and oxygen atoms in total. The highest BCUT2D eigenvalue weighted by Crippen LogP contribution is 2.32. The highest BCUT2D eigenvalue weighted by molar-refractivity contribution is 7.90. The Morgan fingerprint density at radius 3 is 2.39 bits per heavy atom. The standard InChI is InChI=1S/C33H26F3N5O4S/c1-21-9-12-24-5-2-3-8-28(24)31(21)32(42)41(19-26-15-16-29(45-26)33(34,35)36)18-22-10-13-23(14-11-22)25-6-4-7-27(17-25)46(43,44)20-30-37-39-40-38-30/h2-17H,18-20H2,1H3,(H,37,38,39,40). The summed E-state index contributed by atoms with van der Waals surface area (Å²) in [5, 5.41) is 14.7. The molecule has 6 rings (SSSR count). The van der Waals surface area contributed by atoms with E-state index < -0.39 is 27.5 Å². The van der Waals surface area contributed by atoms with Crippen molar-refractivity contribution in [2.24, 2.45) is 0 Å². The van der Waals surface area contributed by atoms with Gasteiger partial charge >= 0.3 is 6.18 Å². The van der Waals surface area contributed by atoms with Crippen molar-refractivity contribution in [3.63, 3.8) is 0 Å². The van der Waals surface area contributed by atoms with Crippen LogP contribution in [0.2, 0.25) is 0 Å². The number of tetrazole rings is 1. The molecule has 0 aliphatic carbocycles. The molecule has 234 valence electrons. The second-order valence-electron chi connectivity index (χ2n) is 10.7. The Balaban J connectivity index is 1.29. The predicted octanol–water partition coefficient (Wildman–Crippen LogP) is 6.76. The van der Waals surface area contributed by atoms with Gasteiger partial charge < -0.3 is 9.32 Å². The van der Waals surface area contributed by atoms with Crippen molar-refractivity contribution in [2.45, 2.75) is 36.8 Å². The maximum atomic E-state index is 14.1. The van der Waals surface area contributed by atoms with Crippen LogP contribution in [0.4, 0.5) is 13.2 Å². The molecule has 4 aromatic carbocycles. The van der Waals surface area contributed by atoms with Crippen LogP contribution in [0.5, 0.6) is 0 Å². The van der Waals surface area contributed by atoms with Gasteiger partial charge in [0.1, 0.15) is 11.5 Å². The van der Waals surface area contributed by atoms with Crippen LogP contribution in [0, 0.1) is 6.92 Å². The number of fused-ring (bicyclic) bond motifs is 1. The zero-order valence-corrected chi connectivity index (χ0v) is 25.1. The molecule has 1 amide bonds. The summed E-state index contributed by atoms with van der Waals surface area (Å²) in [4.78, 5) is 15.7. The molecule has 0 atom stereocenters. The molecule has 2 heterocycles. The zero-order chi connectivity index (χ0) is 32.5. The van der Waals surface area contributed by atoms with E-state index in [1.807, 2.05) is 43.3 Å². The lowest BCUT2D eigenvalue weighted by atomic mass is 9.98. The minimum absolute atomic E-state index is 0.00553. The number of carbonyl (C=O) groups excluding carboxylic acids is 1. The molecule has 46 heavy (non-hydrogen) atoms. The van der Waals surface area contributed by atoms with Gasteiger partial charge in [-0.25, -0.2) is 8.42 Å². The Labute approximate surface area is 261 Å². The maximum absolute atomic E-state index is 14.1. The van der Waals surface area contributed by atoms with E-state index in [0.717, 1.165) is 28.0 Å². The quantitative estimate of drug-likeness (QED) is 0.184. The van der Waals surface area contributed by atoms with E-state index in [9.17, 15) is 26.4 Å². The average Bonchev–Trinajstić information content (AvgIpc) is 3.73. The number of sulfone groups is 1. The molecule has 1 N–H and O–H groups in total. The number of benzene rings is 4. The van der Waals surface area contributed by atoms with Gasteiger partial charge in [0.15, 0.2) is 15.7 Å². The van der Waals surface area contributed by atoms with E-state index in [1.54, 1.807) is 42.5 Å². The Morgan fingerprint density at radius 2 is 1.67 bits per heavy atom. The molecule has 0 aliphatic rings. The zero-order valence-electron chi connectivity index (χ0n) is 24.3. The van der Waals surface area contributed by atoms with Crippen LogP contribution >= 0.6 is 0 Å². The molecule has 0 unspecified atom stereocenters. The lowest BCUT2D eigenvalue weighted by molar-refractivity contribution is -0.153. The third-order valence-electron chi connectivity index (χ3n) is 7.49. The van der Waals surface area contributed by atoms with Crippen molar-refractivity contribution in [3.8, 4) is 11.1 Å². The summed E-state index contributed by atoms with van der Waals surface area (Å²) in [6.45, 7) is 1.69. The van der Waals surface area contributed by atoms with Gasteiger partial charge in [0.25, 0.3) is 5.91 Å². The van der Waals surface area contributed by atoms with Crippen LogP contribution < -0.4 is 0 Å². The van der Waals surface area contributed by atoms with Crippen LogP contribution in [0.1, 0.15) is 38.8 Å². The SMILES string of the molecule is Cc1ccc2ccccc2c1C(=O)N(Cc1ccc(-c2cccc(S(=O)(=O)Cc3nn[nH]n3)c2)cc1)Cc1ccc(C(F)(F)F)o1. The molecule has 0 fully saturated rings. The summed E-state index contributed by atoms with van der Waals surface area (Å²) in [6.07, 6.45) is -4.65. The number of carbonyl (C=O) groups is 1. The van der Waals surface area contributed by atoms with Gasteiger partial charge in [-0.2, -0.15) is 18.4 Å². The molecule has 6 aromatic rings. The van der Waals surface area contributed by atoms with Gasteiger partial charge in [-0.15, -0.1) is 10.2 Å². The Bertz CT molecular complexity index is 2130. The van der Waals surface area contributed by atoms with Gasteiger partial charge in [0, 0.05) is 6.54 Å². The molecule has 2 aromatic heterocycles. The van der Waals surface area contributed by atoms with E-state index in [0.29, 0.717) is 16.7 Å². The molecule has 0 saturated heterocycles. The first-order valence-corrected chi connectivity index (χ1v) is 15.7. The summed E-state index contributed by atoms with van der Waals surface area (Å²) in [7, 11) is -3.74. The number of furan rings is 1. The van der Waals surface area contributed by atoms with Crippen LogP contribution in [-0.2, 0) is 34.9 Å². The van der Waals surface area contributed by atoms with E-state index in [4.69, 9.17) is 4.42 Å². The van der Waals surface area contributed by atoms with Crippen molar-refractivity contribution in [2.75, 3.05) is 0 Å². The fourth-order valence-corrected chi connectivity index (χ4v) is 6.44. The highest BCUT2D eigenvalue weighted by Gasteiger charge is 2.35. The lowest BCUT2D eigenvalue weighted by Crippen LogP contribution is -2.30. The van der Waals surface area contributed by atoms with Crippen LogP contribution in [0.25, 0.3) is 21.9 Å². The largest absolute Gasteiger partial charge is 0.455 e. The monoisotopic (exact) mass is 645 g/mol. The summed E-state index contributed by atoms with van der Waals surface area (Å²) in [5.41, 5.74) is 3.27. The molecule has 0 aliphatic heterocycles. The van der Waals surface area contributed by atoms with Crippen molar-refractivity contribution in [3.05, 3.63) is 131 Å². The number of rotatable bonds is 9. The number of hydrogen-bond acceptors (Lipinski definition) is 7. The number of alkyl halides is 3. The molecular weight excluding hydrogens is 619 g/mol. The van der Waals surface area contributed by atoms with Gasteiger partial charge in [0.2, 0.25) is 5.76 Å². The topological polar surface area (TPSA) is 122 Å². The van der Waals surface area contributed by atoms with E-state index in [2.05, 4.69) is 20.6 Å². The second kappa shape index (κ2) is 12.2. The first kappa shape index (κ1) is 30.7. The van der Waals surface area contributed by atoms with Gasteiger partial charge in [0.05, 0.1) is 17.0 Å². The van der Waals surface area contributed by atoms with Crippen molar-refractivity contribution < 1.29 is 30.8 Å². The number of nitrogens with one attached hydrogen (secondary N) is 1. The van der Waals surface area contributed by atoms with Gasteiger partial charge in [-0.05, 0) is 64.2 Å². The number of aromatic nitrogens is 4. The van der Waals surface area contributed by atoms with Crippen molar-refractivity contribution in [1.82, 2.24) is 25.5 Å². The predicted molar refractivity (Wildman–Crippen MR) is 163 cm³/mol. The maximum Gasteiger partial charge on any atom is 0.449 e. The Kier molecular flexibility index (Phi) is 8.17. The lowest BCUT2D eigenvalue weighted by Gasteiger charge is -2.24. The summed E-state index contributed by atoms with van der Waals surface area (Å²) < 4.78 is 70.7. The number of amides is 1. The average molecular weight is 646 g/mol. The third-order valence-corrected chi connectivity index (χ3v) is 9.10. The second-order valence-corrected chi connectivity index (χ2v) is 12.7. The molecule has 0 radical (unpaired) electrons. The van der Waals surface area contributed by atoms with E-state index in [1.165, 1.54) is 17.0 Å². The van der Waals surface area contributed by atoms with Gasteiger partial charge in [-0.1, -0.05) is 78.0 Å². The number of nitrogens with zero attached hydrogens (tertiary/aromatic N) is 4. The number of hydrogen-bond donors (Lipinski definition) is 1. The summed E-state index contributed by atoms with van der Waals surface area (Å²) in [5.74, 6) is -1.86. The summed E-state index contributed by atoms with van der Waals surface area (Å²) >= 11 is 0. The van der Waals surface area contributed by atoms with Gasteiger partial charge in [-0.3, -0.25) is 4.79 Å². The molecule has 0 spiro atoms. The number of H-pyrrole nitrogens is 1. The molecule has 0 bridgehead atoms. The normalized spacial score (nSPS) is 12.0. The fraction of sp³-hybridized carbons (Fsp3) is 0.152. The van der Waals surface area contributed by atoms with Crippen LogP contribution in [0.15, 0.2) is 106 Å². The third kappa shape index (κ3) is 6.54. The number of halogens is 3. The highest BCUT2D eigenvalue weighted by atomic mass is 32.2. The minimum atomic E-state index is -4.65. The molecule has 0 saturated carbocycles. The van der Waals surface area contributed by atoms with Crippen molar-refractivity contribution in [1.29, 1.82) is 0 Å². The Morgan fingerprint density at radius 1 is 0.891 bits per heavy atom. The minimum Gasteiger partial charge on any atom is -0.455 e. The molecular formula is C33H26F3N5O4S. The fourth-order valence-electron chi connectivity index (χ4n) is 5.21. The van der Waals surface area contributed by atoms with Crippen LogP contribution in [-0.4, -0.2) is 39.8 Å². The summed E-state index contributed by atoms with van der Waals surface area (Å²) in [6, 6.07) is 26.9. The van der Waals surface area contributed by atoms with Crippen LogP contribution in [0.3, 0.4) is 0 Å². The van der Waals surface area contributed by atoms with Crippen molar-refractivity contribution >= 4 is 26.5 Å². The first-order chi connectivity index (χ1) is 22.0. The number of aryl methyl sites for hydroxylation is 1. The first-order valence-electron chi connectivity index (χ1n) is 14.1. The molecule has 13 heteroatoms. The Hall–Kier alpha value is -5.30.